The summed E-state index contributed by atoms with van der Waals surface area (Å²) in [5.74, 6) is -0.427. The molecule has 1 aromatic carbocycles. The molecule has 1 amide bonds. The van der Waals surface area contributed by atoms with E-state index in [1.165, 1.54) is 23.3 Å². The van der Waals surface area contributed by atoms with Crippen molar-refractivity contribution in [3.8, 4) is 11.5 Å². The Bertz CT molecular complexity index is 978. The van der Waals surface area contributed by atoms with Gasteiger partial charge in [-0.05, 0) is 42.5 Å². The lowest BCUT2D eigenvalue weighted by molar-refractivity contribution is -0.131. The van der Waals surface area contributed by atoms with Crippen LogP contribution in [0.4, 0.5) is 0 Å². The highest BCUT2D eigenvalue weighted by molar-refractivity contribution is 7.12. The molecule has 0 spiro atoms. The predicted molar refractivity (Wildman–Crippen MR) is 111 cm³/mol. The molecule has 2 aliphatic heterocycles. The Labute approximate surface area is 178 Å². The van der Waals surface area contributed by atoms with E-state index < -0.39 is 17.7 Å². The molecule has 4 rings (SSSR count). The van der Waals surface area contributed by atoms with Crippen LogP contribution >= 0.6 is 11.3 Å². The van der Waals surface area contributed by atoms with E-state index in [9.17, 15) is 14.7 Å². The third-order valence-corrected chi connectivity index (χ3v) is 6.32. The Morgan fingerprint density at radius 3 is 2.77 bits per heavy atom. The van der Waals surface area contributed by atoms with E-state index in [1.807, 2.05) is 0 Å². The van der Waals surface area contributed by atoms with Crippen LogP contribution in [0.15, 0.2) is 47.0 Å². The normalized spacial score (nSPS) is 21.4. The van der Waals surface area contributed by atoms with E-state index in [-0.39, 0.29) is 24.0 Å². The molecular weight excluding hydrogens is 406 g/mol. The summed E-state index contributed by atoms with van der Waals surface area (Å²) < 4.78 is 16.6. The van der Waals surface area contributed by atoms with Crippen molar-refractivity contribution >= 4 is 23.0 Å². The van der Waals surface area contributed by atoms with Gasteiger partial charge in [-0.25, -0.2) is 0 Å². The van der Waals surface area contributed by atoms with Crippen LogP contribution < -0.4 is 9.47 Å². The van der Waals surface area contributed by atoms with Gasteiger partial charge in [0.2, 0.25) is 5.78 Å². The second-order valence-corrected chi connectivity index (χ2v) is 8.12. The van der Waals surface area contributed by atoms with Crippen LogP contribution in [0.1, 0.15) is 34.1 Å². The van der Waals surface area contributed by atoms with Gasteiger partial charge in [0.15, 0.2) is 5.76 Å². The summed E-state index contributed by atoms with van der Waals surface area (Å²) >= 11 is 1.26. The van der Waals surface area contributed by atoms with E-state index in [2.05, 4.69) is 0 Å². The number of ketones is 1. The van der Waals surface area contributed by atoms with Crippen molar-refractivity contribution in [3.05, 3.63) is 57.5 Å². The van der Waals surface area contributed by atoms with Crippen molar-refractivity contribution in [1.29, 1.82) is 0 Å². The Kier molecular flexibility index (Phi) is 5.78. The molecule has 2 atom stereocenters. The van der Waals surface area contributed by atoms with E-state index >= 15 is 0 Å². The third-order valence-electron chi connectivity index (χ3n) is 5.45. The van der Waals surface area contributed by atoms with Gasteiger partial charge < -0.3 is 24.2 Å². The number of hydrogen-bond acceptors (Lipinski definition) is 7. The number of Topliss-reactive ketones (excluding diaryl/α,β-unsaturated/α-hetero) is 1. The second kappa shape index (κ2) is 8.49. The average molecular weight is 429 g/mol. The van der Waals surface area contributed by atoms with Gasteiger partial charge in [0.25, 0.3) is 5.91 Å². The molecule has 0 radical (unpaired) electrons. The van der Waals surface area contributed by atoms with Crippen molar-refractivity contribution in [2.75, 3.05) is 27.4 Å². The molecule has 0 unspecified atom stereocenters. The van der Waals surface area contributed by atoms with Crippen molar-refractivity contribution in [2.24, 2.45) is 0 Å². The van der Waals surface area contributed by atoms with Crippen LogP contribution in [0.3, 0.4) is 0 Å². The molecule has 30 heavy (non-hydrogen) atoms. The van der Waals surface area contributed by atoms with E-state index in [0.29, 0.717) is 28.5 Å². The number of aliphatic hydroxyl groups excluding tert-OH is 1. The molecule has 1 fully saturated rings. The highest BCUT2D eigenvalue weighted by Crippen LogP contribution is 2.44. The van der Waals surface area contributed by atoms with Crippen molar-refractivity contribution in [3.63, 3.8) is 0 Å². The maximum atomic E-state index is 13.3. The van der Waals surface area contributed by atoms with Gasteiger partial charge in [0, 0.05) is 18.7 Å². The van der Waals surface area contributed by atoms with Crippen LogP contribution in [-0.2, 0) is 9.53 Å². The highest BCUT2D eigenvalue weighted by atomic mass is 32.1. The quantitative estimate of drug-likeness (QED) is 0.678. The molecule has 0 bridgehead atoms. The maximum absolute atomic E-state index is 13.3. The molecule has 1 saturated heterocycles. The second-order valence-electron chi connectivity index (χ2n) is 7.17. The average Bonchev–Trinajstić information content (AvgIpc) is 3.52. The van der Waals surface area contributed by atoms with Crippen LogP contribution in [0, 0.1) is 0 Å². The minimum atomic E-state index is -0.804. The number of rotatable bonds is 7. The summed E-state index contributed by atoms with van der Waals surface area (Å²) in [6.07, 6.45) is 1.60. The fourth-order valence-corrected chi connectivity index (χ4v) is 4.68. The number of hydrogen-bond donors (Lipinski definition) is 1. The van der Waals surface area contributed by atoms with Crippen LogP contribution in [0.5, 0.6) is 11.5 Å². The van der Waals surface area contributed by atoms with Crippen LogP contribution in [0.25, 0.3) is 0 Å². The van der Waals surface area contributed by atoms with E-state index in [0.717, 1.165) is 12.8 Å². The Balaban J connectivity index is 1.83. The number of carbonyl (C=O) groups excluding carboxylic acids is 2. The molecule has 0 aliphatic carbocycles. The Morgan fingerprint density at radius 1 is 1.30 bits per heavy atom. The summed E-state index contributed by atoms with van der Waals surface area (Å²) in [7, 11) is 3.07. The molecule has 8 heteroatoms. The molecule has 0 saturated carbocycles. The van der Waals surface area contributed by atoms with Gasteiger partial charge in [-0.2, -0.15) is 0 Å². The highest BCUT2D eigenvalue weighted by Gasteiger charge is 2.46. The topological polar surface area (TPSA) is 85.3 Å². The summed E-state index contributed by atoms with van der Waals surface area (Å²) in [6, 6.07) is 7.85. The van der Waals surface area contributed by atoms with Gasteiger partial charge in [-0.3, -0.25) is 9.59 Å². The molecule has 2 aromatic rings. The SMILES string of the molecule is COc1ccc(OC)c([C@@H]2C(C(=O)c3cccs3)=C(O)C(=O)N2C[C@H]2CCCO2)c1. The van der Waals surface area contributed by atoms with Crippen molar-refractivity contribution in [1.82, 2.24) is 4.90 Å². The number of carbonyl (C=O) groups is 2. The number of methoxy groups -OCH3 is 2. The smallest absolute Gasteiger partial charge is 0.290 e. The first kappa shape index (κ1) is 20.4. The lowest BCUT2D eigenvalue weighted by Crippen LogP contribution is -2.37. The fourth-order valence-electron chi connectivity index (χ4n) is 4.00. The zero-order valence-corrected chi connectivity index (χ0v) is 17.6. The summed E-state index contributed by atoms with van der Waals surface area (Å²) in [6.45, 7) is 0.912. The first-order valence-corrected chi connectivity index (χ1v) is 10.6. The first-order valence-electron chi connectivity index (χ1n) is 9.71. The number of nitrogens with zero attached hydrogens (tertiary/aromatic N) is 1. The van der Waals surface area contributed by atoms with Gasteiger partial charge in [-0.1, -0.05) is 6.07 Å². The lowest BCUT2D eigenvalue weighted by atomic mass is 9.94. The summed E-state index contributed by atoms with van der Waals surface area (Å²) in [4.78, 5) is 28.3. The van der Waals surface area contributed by atoms with Gasteiger partial charge in [0.05, 0.1) is 36.8 Å². The van der Waals surface area contributed by atoms with Gasteiger partial charge in [-0.15, -0.1) is 11.3 Å². The molecule has 1 N–H and O–H groups in total. The number of benzene rings is 1. The molecule has 3 heterocycles. The minimum absolute atomic E-state index is 0.0481. The largest absolute Gasteiger partial charge is 0.503 e. The Hall–Kier alpha value is -2.84. The zero-order valence-electron chi connectivity index (χ0n) is 16.8. The monoisotopic (exact) mass is 429 g/mol. The number of thiophene rings is 1. The number of ether oxygens (including phenoxy) is 3. The lowest BCUT2D eigenvalue weighted by Gasteiger charge is -2.30. The van der Waals surface area contributed by atoms with Gasteiger partial charge >= 0.3 is 0 Å². The molecular formula is C22H23NO6S. The molecule has 2 aliphatic rings. The Morgan fingerprint density at radius 2 is 2.13 bits per heavy atom. The summed E-state index contributed by atoms with van der Waals surface area (Å²) in [5, 5.41) is 12.5. The fraction of sp³-hybridized carbons (Fsp3) is 0.364. The van der Waals surface area contributed by atoms with Crippen LogP contribution in [0.2, 0.25) is 0 Å². The van der Waals surface area contributed by atoms with E-state index in [4.69, 9.17) is 14.2 Å². The first-order chi connectivity index (χ1) is 14.5. The minimum Gasteiger partial charge on any atom is -0.503 e. The number of amides is 1. The van der Waals surface area contributed by atoms with Gasteiger partial charge in [0.1, 0.15) is 11.5 Å². The zero-order chi connectivity index (χ0) is 21.3. The van der Waals surface area contributed by atoms with Crippen molar-refractivity contribution < 1.29 is 28.9 Å². The van der Waals surface area contributed by atoms with Crippen molar-refractivity contribution in [2.45, 2.75) is 25.0 Å². The molecule has 1 aromatic heterocycles. The summed E-state index contributed by atoms with van der Waals surface area (Å²) in [5.41, 5.74) is 0.624. The van der Waals surface area contributed by atoms with E-state index in [1.54, 1.807) is 42.8 Å². The maximum Gasteiger partial charge on any atom is 0.290 e. The van der Waals surface area contributed by atoms with Crippen LogP contribution in [-0.4, -0.2) is 55.2 Å². The standard InChI is InChI=1S/C22H23NO6S/c1-27-13-7-8-16(28-2)15(11-13)19-18(20(24)17-6-4-10-30-17)21(25)22(26)23(19)12-14-5-3-9-29-14/h4,6-8,10-11,14,19,25H,3,5,9,12H2,1-2H3/t14-,19-/m1/s1. The number of aliphatic hydroxyl groups is 1. The third kappa shape index (κ3) is 3.57. The predicted octanol–water partition coefficient (Wildman–Crippen LogP) is 3.52. The molecule has 158 valence electrons. The molecule has 7 nitrogen and oxygen atoms in total.